The van der Waals surface area contributed by atoms with Gasteiger partial charge in [-0.3, -0.25) is 14.5 Å². The van der Waals surface area contributed by atoms with Gasteiger partial charge in [0.2, 0.25) is 0 Å². The van der Waals surface area contributed by atoms with Crippen LogP contribution in [0.15, 0.2) is 66.2 Å². The molecule has 3 aromatic carbocycles. The minimum Gasteiger partial charge on any atom is -0.507 e. The molecule has 0 saturated carbocycles. The molecule has 4 aromatic rings. The standard InChI is InChI=1S/C31H30N2O5S/c1-5-15-38-23-14-12-21(17-24(23)37-6-2)27-26(28(34)20-10-7-18(3)8-11-20)29(35)30(36)33(27)31-32-22-13-9-19(4)16-25(22)39-31/h7-14,16-17,27,34H,5-6,15H2,1-4H3/b28-26+. The van der Waals surface area contributed by atoms with Gasteiger partial charge in [-0.25, -0.2) is 4.98 Å². The van der Waals surface area contributed by atoms with Crippen LogP contribution in [-0.2, 0) is 9.59 Å². The fourth-order valence-corrected chi connectivity index (χ4v) is 5.72. The van der Waals surface area contributed by atoms with Crippen LogP contribution in [0, 0.1) is 13.8 Å². The molecule has 1 amide bonds. The molecule has 1 N–H and O–H groups in total. The van der Waals surface area contributed by atoms with E-state index in [9.17, 15) is 14.7 Å². The van der Waals surface area contributed by atoms with Crippen molar-refractivity contribution in [2.24, 2.45) is 0 Å². The van der Waals surface area contributed by atoms with E-state index in [1.807, 2.05) is 58.0 Å². The fourth-order valence-electron chi connectivity index (χ4n) is 4.63. The molecule has 0 spiro atoms. The molecule has 1 aliphatic rings. The molecule has 1 fully saturated rings. The van der Waals surface area contributed by atoms with Crippen molar-refractivity contribution in [1.29, 1.82) is 0 Å². The smallest absolute Gasteiger partial charge is 0.301 e. The number of Topliss-reactive ketones (excluding diaryl/α,β-unsaturated/α-hetero) is 1. The molecule has 0 aliphatic carbocycles. The highest BCUT2D eigenvalue weighted by Gasteiger charge is 2.48. The molecule has 1 atom stereocenters. The third-order valence-electron chi connectivity index (χ3n) is 6.55. The number of ketones is 1. The van der Waals surface area contributed by atoms with Gasteiger partial charge in [-0.05, 0) is 62.6 Å². The van der Waals surface area contributed by atoms with E-state index in [1.165, 1.54) is 16.2 Å². The Hall–Kier alpha value is -4.17. The third-order valence-corrected chi connectivity index (χ3v) is 7.57. The average molecular weight is 543 g/mol. The van der Waals surface area contributed by atoms with Crippen LogP contribution in [0.3, 0.4) is 0 Å². The number of hydrogen-bond donors (Lipinski definition) is 1. The van der Waals surface area contributed by atoms with E-state index in [2.05, 4.69) is 0 Å². The largest absolute Gasteiger partial charge is 0.507 e. The number of carbonyl (C=O) groups excluding carboxylic acids is 2. The summed E-state index contributed by atoms with van der Waals surface area (Å²) in [6.45, 7) is 8.76. The van der Waals surface area contributed by atoms with Gasteiger partial charge < -0.3 is 14.6 Å². The van der Waals surface area contributed by atoms with Crippen LogP contribution >= 0.6 is 11.3 Å². The third kappa shape index (κ3) is 5.00. The van der Waals surface area contributed by atoms with Crippen molar-refractivity contribution in [2.45, 2.75) is 40.2 Å². The number of nitrogens with zero attached hydrogens (tertiary/aromatic N) is 2. The van der Waals surface area contributed by atoms with Gasteiger partial charge in [0.15, 0.2) is 16.6 Å². The van der Waals surface area contributed by atoms with Gasteiger partial charge in [0.1, 0.15) is 5.76 Å². The van der Waals surface area contributed by atoms with E-state index >= 15 is 0 Å². The van der Waals surface area contributed by atoms with E-state index in [0.29, 0.717) is 41.0 Å². The highest BCUT2D eigenvalue weighted by atomic mass is 32.1. The lowest BCUT2D eigenvalue weighted by atomic mass is 9.95. The number of aromatic nitrogens is 1. The predicted octanol–water partition coefficient (Wildman–Crippen LogP) is 6.73. The van der Waals surface area contributed by atoms with Gasteiger partial charge in [0, 0.05) is 5.56 Å². The first-order chi connectivity index (χ1) is 18.8. The zero-order chi connectivity index (χ0) is 27.7. The number of aryl methyl sites for hydroxylation is 2. The molecule has 0 radical (unpaired) electrons. The molecule has 1 unspecified atom stereocenters. The summed E-state index contributed by atoms with van der Waals surface area (Å²) in [6.07, 6.45) is 0.834. The summed E-state index contributed by atoms with van der Waals surface area (Å²) in [5.41, 5.74) is 3.88. The molecule has 8 heteroatoms. The van der Waals surface area contributed by atoms with E-state index in [0.717, 1.165) is 27.8 Å². The highest BCUT2D eigenvalue weighted by Crippen LogP contribution is 2.46. The molecular weight excluding hydrogens is 512 g/mol. The van der Waals surface area contributed by atoms with Crippen LogP contribution in [-0.4, -0.2) is 35.0 Å². The SMILES string of the molecule is CCCOc1ccc(C2/C(=C(\O)c3ccc(C)cc3)C(=O)C(=O)N2c2nc3ccc(C)cc3s2)cc1OCC. The van der Waals surface area contributed by atoms with Gasteiger partial charge in [-0.1, -0.05) is 60.2 Å². The van der Waals surface area contributed by atoms with Crippen molar-refractivity contribution in [3.63, 3.8) is 0 Å². The Kier molecular flexibility index (Phi) is 7.39. The molecule has 39 heavy (non-hydrogen) atoms. The molecule has 2 heterocycles. The minimum atomic E-state index is -0.910. The zero-order valence-corrected chi connectivity index (χ0v) is 23.2. The Morgan fingerprint density at radius 2 is 1.69 bits per heavy atom. The van der Waals surface area contributed by atoms with Crippen molar-refractivity contribution in [3.8, 4) is 11.5 Å². The van der Waals surface area contributed by atoms with Crippen molar-refractivity contribution in [1.82, 2.24) is 4.98 Å². The Labute approximate surface area is 231 Å². The van der Waals surface area contributed by atoms with E-state index in [4.69, 9.17) is 14.5 Å². The predicted molar refractivity (Wildman–Crippen MR) is 154 cm³/mol. The molecule has 200 valence electrons. The first-order valence-corrected chi connectivity index (χ1v) is 13.8. The van der Waals surface area contributed by atoms with Crippen LogP contribution in [0.5, 0.6) is 11.5 Å². The Balaban J connectivity index is 1.71. The summed E-state index contributed by atoms with van der Waals surface area (Å²) in [5, 5.41) is 11.8. The number of fused-ring (bicyclic) bond motifs is 1. The number of rotatable bonds is 8. The molecule has 1 aliphatic heterocycles. The van der Waals surface area contributed by atoms with Gasteiger partial charge in [0.25, 0.3) is 5.78 Å². The maximum atomic E-state index is 13.6. The summed E-state index contributed by atoms with van der Waals surface area (Å²) in [5.74, 6) is -0.661. The number of hydrogen-bond acceptors (Lipinski definition) is 7. The first-order valence-electron chi connectivity index (χ1n) is 13.0. The Bertz CT molecular complexity index is 1590. The minimum absolute atomic E-state index is 0.00367. The lowest BCUT2D eigenvalue weighted by Gasteiger charge is -2.24. The number of carbonyl (C=O) groups is 2. The van der Waals surface area contributed by atoms with Crippen LogP contribution in [0.4, 0.5) is 5.13 Å². The molecule has 5 rings (SSSR count). The fraction of sp³-hybridized carbons (Fsp3) is 0.258. The maximum Gasteiger partial charge on any atom is 0.301 e. The quantitative estimate of drug-likeness (QED) is 0.151. The average Bonchev–Trinajstić information content (AvgIpc) is 3.45. The molecule has 1 aromatic heterocycles. The first kappa shape index (κ1) is 26.4. The second-order valence-corrected chi connectivity index (χ2v) is 10.5. The maximum absolute atomic E-state index is 13.6. The number of anilines is 1. The Morgan fingerprint density at radius 3 is 2.41 bits per heavy atom. The number of aliphatic hydroxyl groups excluding tert-OH is 1. The normalized spacial score (nSPS) is 16.7. The van der Waals surface area contributed by atoms with E-state index < -0.39 is 17.7 Å². The molecular formula is C31H30N2O5S. The van der Waals surface area contributed by atoms with Crippen LogP contribution < -0.4 is 14.4 Å². The highest BCUT2D eigenvalue weighted by molar-refractivity contribution is 7.22. The number of thiazole rings is 1. The zero-order valence-electron chi connectivity index (χ0n) is 22.4. The van der Waals surface area contributed by atoms with Crippen LogP contribution in [0.2, 0.25) is 0 Å². The van der Waals surface area contributed by atoms with Crippen molar-refractivity contribution in [3.05, 3.63) is 88.5 Å². The van der Waals surface area contributed by atoms with Gasteiger partial charge in [-0.2, -0.15) is 0 Å². The van der Waals surface area contributed by atoms with Gasteiger partial charge >= 0.3 is 5.91 Å². The molecule has 1 saturated heterocycles. The number of ether oxygens (including phenoxy) is 2. The summed E-state index contributed by atoms with van der Waals surface area (Å²) in [6, 6.07) is 17.5. The van der Waals surface area contributed by atoms with Crippen molar-refractivity contribution in [2.75, 3.05) is 18.1 Å². The molecule has 7 nitrogen and oxygen atoms in total. The van der Waals surface area contributed by atoms with Crippen LogP contribution in [0.1, 0.15) is 48.6 Å². The lowest BCUT2D eigenvalue weighted by Crippen LogP contribution is -2.29. The summed E-state index contributed by atoms with van der Waals surface area (Å²) >= 11 is 1.33. The Morgan fingerprint density at radius 1 is 0.949 bits per heavy atom. The summed E-state index contributed by atoms with van der Waals surface area (Å²) in [4.78, 5) is 33.2. The summed E-state index contributed by atoms with van der Waals surface area (Å²) in [7, 11) is 0. The van der Waals surface area contributed by atoms with Gasteiger partial charge in [-0.15, -0.1) is 0 Å². The lowest BCUT2D eigenvalue weighted by molar-refractivity contribution is -0.132. The van der Waals surface area contributed by atoms with Gasteiger partial charge in [0.05, 0.1) is 35.0 Å². The molecule has 0 bridgehead atoms. The second kappa shape index (κ2) is 10.9. The summed E-state index contributed by atoms with van der Waals surface area (Å²) < 4.78 is 12.7. The number of benzene rings is 3. The van der Waals surface area contributed by atoms with Crippen molar-refractivity contribution >= 4 is 44.1 Å². The second-order valence-electron chi connectivity index (χ2n) is 9.49. The number of amides is 1. The van der Waals surface area contributed by atoms with Crippen LogP contribution in [0.25, 0.3) is 16.0 Å². The number of aliphatic hydroxyl groups is 1. The topological polar surface area (TPSA) is 89.0 Å². The van der Waals surface area contributed by atoms with Crippen molar-refractivity contribution < 1.29 is 24.2 Å². The van der Waals surface area contributed by atoms with E-state index in [1.54, 1.807) is 30.3 Å². The monoisotopic (exact) mass is 542 g/mol. The van der Waals surface area contributed by atoms with E-state index in [-0.39, 0.29) is 11.3 Å².